The molecule has 0 aliphatic carbocycles. The van der Waals surface area contributed by atoms with Crippen LogP contribution in [0.15, 0.2) is 21.7 Å². The maximum Gasteiger partial charge on any atom is 0.317 e. The molecule has 0 bridgehead atoms. The molecule has 1 aromatic rings. The minimum Gasteiger partial charge on any atom is -0.336 e. The zero-order valence-corrected chi connectivity index (χ0v) is 12.8. The summed E-state index contributed by atoms with van der Waals surface area (Å²) in [7, 11) is -1.59. The third-order valence-electron chi connectivity index (χ3n) is 4.37. The predicted octanol–water partition coefficient (Wildman–Crippen LogP) is 0.926. The number of hydrogen-bond donors (Lipinski definition) is 1. The van der Waals surface area contributed by atoms with Crippen molar-refractivity contribution in [3.63, 3.8) is 0 Å². The number of likely N-dealkylation sites (N-methyl/N-ethyl adjacent to an activating group) is 1. The van der Waals surface area contributed by atoms with Crippen LogP contribution in [0.3, 0.4) is 0 Å². The van der Waals surface area contributed by atoms with Gasteiger partial charge in [-0.3, -0.25) is 0 Å². The van der Waals surface area contributed by atoms with Crippen molar-refractivity contribution in [2.45, 2.75) is 23.3 Å². The lowest BCUT2D eigenvalue weighted by atomic mass is 9.88. The van der Waals surface area contributed by atoms with E-state index < -0.39 is 10.0 Å². The Balaban J connectivity index is 1.75. The Morgan fingerprint density at radius 2 is 2.05 bits per heavy atom. The molecule has 1 N–H and O–H groups in total. The fourth-order valence-electron chi connectivity index (χ4n) is 2.90. The average molecular weight is 315 g/mol. The molecule has 0 atom stereocenters. The van der Waals surface area contributed by atoms with Crippen LogP contribution >= 0.6 is 11.3 Å². The number of carbonyl (C=O) groups is 1. The smallest absolute Gasteiger partial charge is 0.317 e. The highest BCUT2D eigenvalue weighted by Crippen LogP contribution is 2.33. The summed E-state index contributed by atoms with van der Waals surface area (Å²) in [6.07, 6.45) is 1.34. The molecule has 3 heterocycles. The van der Waals surface area contributed by atoms with Crippen molar-refractivity contribution in [1.82, 2.24) is 14.5 Å². The van der Waals surface area contributed by atoms with E-state index >= 15 is 0 Å². The summed E-state index contributed by atoms with van der Waals surface area (Å²) in [6, 6.07) is 1.57. The van der Waals surface area contributed by atoms with Gasteiger partial charge in [0, 0.05) is 32.1 Å². The molecule has 1 spiro atoms. The largest absolute Gasteiger partial charge is 0.336 e. The van der Waals surface area contributed by atoms with Gasteiger partial charge in [-0.2, -0.15) is 15.6 Å². The second-order valence-corrected chi connectivity index (χ2v) is 8.02. The SMILES string of the molecule is CN1C(=O)NCC12CCN(S(=O)(=O)c1ccsc1)CC2. The van der Waals surface area contributed by atoms with Gasteiger partial charge in [0.1, 0.15) is 0 Å². The lowest BCUT2D eigenvalue weighted by molar-refractivity contribution is 0.124. The maximum absolute atomic E-state index is 12.4. The molecule has 0 saturated carbocycles. The van der Waals surface area contributed by atoms with Crippen molar-refractivity contribution in [2.75, 3.05) is 26.7 Å². The Kier molecular flexibility index (Phi) is 3.26. The van der Waals surface area contributed by atoms with Gasteiger partial charge in [0.2, 0.25) is 10.0 Å². The number of piperidine rings is 1. The Morgan fingerprint density at radius 1 is 1.35 bits per heavy atom. The highest BCUT2D eigenvalue weighted by molar-refractivity contribution is 7.89. The lowest BCUT2D eigenvalue weighted by Gasteiger charge is -2.41. The topological polar surface area (TPSA) is 69.7 Å². The summed E-state index contributed by atoms with van der Waals surface area (Å²) in [4.78, 5) is 13.7. The van der Waals surface area contributed by atoms with Crippen LogP contribution in [0.25, 0.3) is 0 Å². The summed E-state index contributed by atoms with van der Waals surface area (Å²) in [5.74, 6) is 0. The number of thiophene rings is 1. The molecule has 0 unspecified atom stereocenters. The van der Waals surface area contributed by atoms with Crippen LogP contribution in [0.2, 0.25) is 0 Å². The second-order valence-electron chi connectivity index (χ2n) is 5.31. The lowest BCUT2D eigenvalue weighted by Crippen LogP contribution is -2.54. The Labute approximate surface area is 122 Å². The molecule has 20 heavy (non-hydrogen) atoms. The van der Waals surface area contributed by atoms with E-state index in [1.807, 2.05) is 0 Å². The fraction of sp³-hybridized carbons (Fsp3) is 0.583. The quantitative estimate of drug-likeness (QED) is 0.882. The first-order valence-electron chi connectivity index (χ1n) is 6.50. The number of nitrogens with zero attached hydrogens (tertiary/aromatic N) is 2. The van der Waals surface area contributed by atoms with Gasteiger partial charge < -0.3 is 10.2 Å². The van der Waals surface area contributed by atoms with Crippen molar-refractivity contribution in [3.8, 4) is 0 Å². The minimum absolute atomic E-state index is 0.0702. The van der Waals surface area contributed by atoms with Crippen LogP contribution in [0.5, 0.6) is 0 Å². The Bertz CT molecular complexity index is 604. The zero-order chi connectivity index (χ0) is 14.4. The normalized spacial score (nSPS) is 23.2. The molecule has 0 radical (unpaired) electrons. The summed E-state index contributed by atoms with van der Waals surface area (Å²) < 4.78 is 26.4. The number of rotatable bonds is 2. The molecule has 1 aromatic heterocycles. The first-order chi connectivity index (χ1) is 9.46. The molecule has 0 aromatic carbocycles. The van der Waals surface area contributed by atoms with Crippen LogP contribution in [0.1, 0.15) is 12.8 Å². The number of amides is 2. The molecular weight excluding hydrogens is 298 g/mol. The Hall–Kier alpha value is -1.12. The number of sulfonamides is 1. The number of urea groups is 1. The zero-order valence-electron chi connectivity index (χ0n) is 11.2. The molecule has 8 heteroatoms. The van der Waals surface area contributed by atoms with Gasteiger partial charge in [-0.25, -0.2) is 13.2 Å². The van der Waals surface area contributed by atoms with Gasteiger partial charge in [0.15, 0.2) is 0 Å². The van der Waals surface area contributed by atoms with Gasteiger partial charge in [-0.1, -0.05) is 0 Å². The van der Waals surface area contributed by atoms with E-state index in [0.29, 0.717) is 37.4 Å². The number of hydrogen-bond acceptors (Lipinski definition) is 4. The fourth-order valence-corrected chi connectivity index (χ4v) is 5.35. The van der Waals surface area contributed by atoms with Crippen LogP contribution in [-0.4, -0.2) is 55.9 Å². The molecule has 3 rings (SSSR count). The third kappa shape index (κ3) is 2.02. The molecule has 6 nitrogen and oxygen atoms in total. The highest BCUT2D eigenvalue weighted by Gasteiger charge is 2.46. The third-order valence-corrected chi connectivity index (χ3v) is 7.10. The van der Waals surface area contributed by atoms with E-state index in [1.54, 1.807) is 28.8 Å². The number of nitrogens with one attached hydrogen (secondary N) is 1. The van der Waals surface area contributed by atoms with Crippen molar-refractivity contribution in [1.29, 1.82) is 0 Å². The Morgan fingerprint density at radius 3 is 2.55 bits per heavy atom. The highest BCUT2D eigenvalue weighted by atomic mass is 32.2. The molecular formula is C12H17N3O3S2. The minimum atomic E-state index is -3.38. The molecule has 2 amide bonds. The number of carbonyl (C=O) groups excluding carboxylic acids is 1. The van der Waals surface area contributed by atoms with Gasteiger partial charge in [-0.05, 0) is 24.3 Å². The standard InChI is InChI=1S/C12H17N3O3S2/c1-14-11(16)13-9-12(14)3-5-15(6-4-12)20(17,18)10-2-7-19-8-10/h2,7-8H,3-6,9H2,1H3,(H,13,16). The first-order valence-corrected chi connectivity index (χ1v) is 8.88. The molecule has 2 fully saturated rings. The summed E-state index contributed by atoms with van der Waals surface area (Å²) in [6.45, 7) is 1.52. The first kappa shape index (κ1) is 13.8. The van der Waals surface area contributed by atoms with Gasteiger partial charge >= 0.3 is 6.03 Å². The van der Waals surface area contributed by atoms with Crippen LogP contribution < -0.4 is 5.32 Å². The van der Waals surface area contributed by atoms with E-state index in [1.165, 1.54) is 15.6 Å². The van der Waals surface area contributed by atoms with E-state index in [4.69, 9.17) is 0 Å². The van der Waals surface area contributed by atoms with Gasteiger partial charge in [-0.15, -0.1) is 0 Å². The van der Waals surface area contributed by atoms with Crippen LogP contribution in [-0.2, 0) is 10.0 Å². The van der Waals surface area contributed by atoms with Crippen molar-refractivity contribution < 1.29 is 13.2 Å². The van der Waals surface area contributed by atoms with Crippen molar-refractivity contribution >= 4 is 27.4 Å². The predicted molar refractivity (Wildman–Crippen MR) is 76.2 cm³/mol. The second kappa shape index (κ2) is 4.71. The molecule has 2 aliphatic rings. The summed E-state index contributed by atoms with van der Waals surface area (Å²) >= 11 is 1.38. The van der Waals surface area contributed by atoms with E-state index in [9.17, 15) is 13.2 Å². The van der Waals surface area contributed by atoms with E-state index in [-0.39, 0.29) is 11.6 Å². The monoisotopic (exact) mass is 315 g/mol. The van der Waals surface area contributed by atoms with E-state index in [2.05, 4.69) is 5.32 Å². The van der Waals surface area contributed by atoms with Crippen molar-refractivity contribution in [3.05, 3.63) is 16.8 Å². The molecule has 110 valence electrons. The maximum atomic E-state index is 12.4. The molecule has 2 aliphatic heterocycles. The van der Waals surface area contributed by atoms with E-state index in [0.717, 1.165) is 0 Å². The van der Waals surface area contributed by atoms with Crippen LogP contribution in [0, 0.1) is 0 Å². The molecule has 2 saturated heterocycles. The van der Waals surface area contributed by atoms with Crippen LogP contribution in [0.4, 0.5) is 4.79 Å². The summed E-state index contributed by atoms with van der Waals surface area (Å²) in [5, 5.41) is 6.26. The van der Waals surface area contributed by atoms with Crippen molar-refractivity contribution in [2.24, 2.45) is 0 Å². The summed E-state index contributed by atoms with van der Waals surface area (Å²) in [5.41, 5.74) is -0.224. The van der Waals surface area contributed by atoms with Gasteiger partial charge in [0.05, 0.1) is 10.4 Å². The average Bonchev–Trinajstić information content (AvgIpc) is 3.06. The van der Waals surface area contributed by atoms with Gasteiger partial charge in [0.25, 0.3) is 0 Å².